The third-order valence-electron chi connectivity index (χ3n) is 7.43. The lowest BCUT2D eigenvalue weighted by Crippen LogP contribution is -2.43. The van der Waals surface area contributed by atoms with Crippen molar-refractivity contribution in [1.29, 1.82) is 0 Å². The molecule has 5 heteroatoms. The fraction of sp³-hybridized carbons (Fsp3) is 0.462. The number of amides is 1. The normalized spacial score (nSPS) is 29.4. The van der Waals surface area contributed by atoms with E-state index in [0.29, 0.717) is 18.9 Å². The van der Waals surface area contributed by atoms with Crippen LogP contribution in [0.3, 0.4) is 0 Å². The van der Waals surface area contributed by atoms with E-state index in [0.717, 1.165) is 55.5 Å². The van der Waals surface area contributed by atoms with E-state index < -0.39 is 6.17 Å². The molecule has 1 heterocycles. The number of carbonyl (C=O) groups excluding carboxylic acids is 1. The maximum Gasteiger partial charge on any atom is 0.250 e. The molecule has 4 nitrogen and oxygen atoms in total. The summed E-state index contributed by atoms with van der Waals surface area (Å²) >= 11 is 0. The van der Waals surface area contributed by atoms with Gasteiger partial charge in [0.25, 0.3) is 5.91 Å². The number of alkyl halides is 1. The lowest BCUT2D eigenvalue weighted by atomic mass is 9.59. The topological polar surface area (TPSA) is 46.9 Å². The number of allylic oxidation sites excluding steroid dienone is 7. The number of hydrogen-bond acceptors (Lipinski definition) is 2. The zero-order valence-electron chi connectivity index (χ0n) is 18.1. The van der Waals surface area contributed by atoms with Crippen LogP contribution in [-0.2, 0) is 11.2 Å². The number of fused-ring (bicyclic) bond motifs is 2. The predicted octanol–water partition coefficient (Wildman–Crippen LogP) is 5.16. The van der Waals surface area contributed by atoms with Crippen LogP contribution in [0.2, 0.25) is 0 Å². The number of nitrogens with one attached hydrogen (secondary N) is 1. The highest BCUT2D eigenvalue weighted by Crippen LogP contribution is 2.51. The van der Waals surface area contributed by atoms with Crippen LogP contribution in [0.15, 0.2) is 53.8 Å². The lowest BCUT2D eigenvalue weighted by molar-refractivity contribution is -0.117. The molecule has 1 unspecified atom stereocenters. The van der Waals surface area contributed by atoms with Crippen LogP contribution in [0.1, 0.15) is 56.7 Å². The summed E-state index contributed by atoms with van der Waals surface area (Å²) in [7, 11) is 0. The number of hydrogen-bond donors (Lipinski definition) is 1. The Hall–Kier alpha value is -2.69. The molecule has 5 rings (SSSR count). The van der Waals surface area contributed by atoms with Crippen LogP contribution in [-0.4, -0.2) is 28.4 Å². The van der Waals surface area contributed by atoms with Crippen molar-refractivity contribution in [3.63, 3.8) is 0 Å². The Morgan fingerprint density at radius 3 is 3.00 bits per heavy atom. The number of aromatic nitrogens is 2. The minimum Gasteiger partial charge on any atom is -0.352 e. The summed E-state index contributed by atoms with van der Waals surface area (Å²) in [5.41, 5.74) is 5.59. The number of nitrogens with zero attached hydrogens (tertiary/aromatic N) is 2. The molecule has 0 aromatic carbocycles. The molecule has 1 fully saturated rings. The second-order valence-corrected chi connectivity index (χ2v) is 9.41. The summed E-state index contributed by atoms with van der Waals surface area (Å²) in [6.07, 6.45) is 21.4. The van der Waals surface area contributed by atoms with Gasteiger partial charge < -0.3 is 5.32 Å². The molecule has 4 aliphatic rings. The Morgan fingerprint density at radius 1 is 1.32 bits per heavy atom. The van der Waals surface area contributed by atoms with Crippen LogP contribution in [0.25, 0.3) is 11.8 Å². The molecule has 162 valence electrons. The van der Waals surface area contributed by atoms with Gasteiger partial charge in [-0.1, -0.05) is 36.8 Å². The van der Waals surface area contributed by atoms with E-state index in [2.05, 4.69) is 29.5 Å². The average molecular weight is 420 g/mol. The highest BCUT2D eigenvalue weighted by Gasteiger charge is 2.43. The van der Waals surface area contributed by atoms with Crippen LogP contribution < -0.4 is 5.32 Å². The monoisotopic (exact) mass is 419 g/mol. The van der Waals surface area contributed by atoms with Gasteiger partial charge in [-0.25, -0.2) is 9.07 Å². The Labute approximate surface area is 183 Å². The summed E-state index contributed by atoms with van der Waals surface area (Å²) in [5.74, 6) is 0.448. The van der Waals surface area contributed by atoms with E-state index in [-0.39, 0.29) is 11.3 Å². The molecule has 1 saturated carbocycles. The minimum atomic E-state index is -0.897. The quantitative estimate of drug-likeness (QED) is 0.733. The summed E-state index contributed by atoms with van der Waals surface area (Å²) < 4.78 is 15.4. The smallest absolute Gasteiger partial charge is 0.250 e. The third kappa shape index (κ3) is 3.75. The van der Waals surface area contributed by atoms with Gasteiger partial charge in [0, 0.05) is 18.5 Å². The summed E-state index contributed by atoms with van der Waals surface area (Å²) in [4.78, 5) is 12.6. The molecule has 1 N–H and O–H groups in total. The molecule has 0 radical (unpaired) electrons. The highest BCUT2D eigenvalue weighted by atomic mass is 19.1. The molecule has 1 amide bonds. The molecular weight excluding hydrogens is 389 g/mol. The molecule has 3 atom stereocenters. The molecule has 4 aliphatic carbocycles. The van der Waals surface area contributed by atoms with Crippen LogP contribution in [0.5, 0.6) is 0 Å². The Bertz CT molecular complexity index is 1040. The number of carbonyl (C=O) groups is 1. The van der Waals surface area contributed by atoms with E-state index in [1.165, 1.54) is 11.1 Å². The van der Waals surface area contributed by atoms with Gasteiger partial charge in [0.15, 0.2) is 0 Å². The fourth-order valence-electron chi connectivity index (χ4n) is 5.52. The first-order valence-corrected chi connectivity index (χ1v) is 11.5. The molecule has 0 aliphatic heterocycles. The van der Waals surface area contributed by atoms with Crippen molar-refractivity contribution in [3.05, 3.63) is 65.1 Å². The molecule has 1 aromatic heterocycles. The maximum atomic E-state index is 13.5. The Kier molecular flexibility index (Phi) is 5.28. The van der Waals surface area contributed by atoms with Crippen molar-refractivity contribution in [2.75, 3.05) is 6.54 Å². The molecule has 31 heavy (non-hydrogen) atoms. The zero-order chi connectivity index (χ0) is 21.4. The van der Waals surface area contributed by atoms with Crippen molar-refractivity contribution in [3.8, 4) is 0 Å². The first-order chi connectivity index (χ1) is 15.0. The molecule has 0 bridgehead atoms. The van der Waals surface area contributed by atoms with Crippen LogP contribution in [0, 0.1) is 11.3 Å². The lowest BCUT2D eigenvalue weighted by Gasteiger charge is -2.46. The zero-order valence-corrected chi connectivity index (χ0v) is 18.1. The number of rotatable bonds is 4. The minimum absolute atomic E-state index is 0.0317. The standard InChI is InChI=1S/C26H30FN3O/c1-26-15-19-16-29-30(23-12-10-22(27)11-13-23)24(19)14-20(26)8-5-9-21(26)17-28-25(31)18-6-3-2-4-7-18/h3,6-7,10,12-14,16,21-22H,2,4-5,8-9,11,15,17H2,1H3,(H,28,31)/t21-,22?,26+/m1/s1. The second kappa shape index (κ2) is 8.10. The Morgan fingerprint density at radius 2 is 2.23 bits per heavy atom. The molecular formula is C26H30FN3O. The van der Waals surface area contributed by atoms with Gasteiger partial charge >= 0.3 is 0 Å². The molecule has 0 saturated heterocycles. The predicted molar refractivity (Wildman–Crippen MR) is 122 cm³/mol. The second-order valence-electron chi connectivity index (χ2n) is 9.41. The highest BCUT2D eigenvalue weighted by molar-refractivity contribution is 5.96. The SMILES string of the molecule is C[C@]12Cc3cnn(C4=CCC(F)C=C4)c3C=C1CCC[C@@H]2CNC(=O)C1=CCCC=C1. The summed E-state index contributed by atoms with van der Waals surface area (Å²) in [6.45, 7) is 3.05. The Balaban J connectivity index is 1.35. The maximum absolute atomic E-state index is 13.5. The first-order valence-electron chi connectivity index (χ1n) is 11.5. The summed E-state index contributed by atoms with van der Waals surface area (Å²) in [5, 5.41) is 7.85. The van der Waals surface area contributed by atoms with E-state index >= 15 is 0 Å². The first kappa shape index (κ1) is 20.2. The van der Waals surface area contributed by atoms with Gasteiger partial charge in [-0.05, 0) is 73.6 Å². The van der Waals surface area contributed by atoms with E-state index in [4.69, 9.17) is 0 Å². The van der Waals surface area contributed by atoms with Gasteiger partial charge in [-0.2, -0.15) is 5.10 Å². The average Bonchev–Trinajstić information content (AvgIpc) is 3.19. The fourth-order valence-corrected chi connectivity index (χ4v) is 5.52. The van der Waals surface area contributed by atoms with Crippen LogP contribution in [0.4, 0.5) is 4.39 Å². The molecule has 1 aromatic rings. The van der Waals surface area contributed by atoms with Crippen molar-refractivity contribution >= 4 is 17.7 Å². The van der Waals surface area contributed by atoms with Gasteiger partial charge in [-0.3, -0.25) is 4.79 Å². The largest absolute Gasteiger partial charge is 0.352 e. The summed E-state index contributed by atoms with van der Waals surface area (Å²) in [6, 6.07) is 0. The third-order valence-corrected chi connectivity index (χ3v) is 7.43. The van der Waals surface area contributed by atoms with E-state index in [1.807, 2.05) is 35.2 Å². The van der Waals surface area contributed by atoms with Crippen molar-refractivity contribution < 1.29 is 9.18 Å². The van der Waals surface area contributed by atoms with Crippen molar-refractivity contribution in [1.82, 2.24) is 15.1 Å². The van der Waals surface area contributed by atoms with Gasteiger partial charge in [0.1, 0.15) is 6.17 Å². The number of halogens is 1. The van der Waals surface area contributed by atoms with Crippen LogP contribution >= 0.6 is 0 Å². The van der Waals surface area contributed by atoms with Gasteiger partial charge in [-0.15, -0.1) is 0 Å². The van der Waals surface area contributed by atoms with Gasteiger partial charge in [0.05, 0.1) is 17.6 Å². The van der Waals surface area contributed by atoms with Crippen molar-refractivity contribution in [2.24, 2.45) is 11.3 Å². The van der Waals surface area contributed by atoms with Crippen molar-refractivity contribution in [2.45, 2.75) is 58.0 Å². The van der Waals surface area contributed by atoms with Gasteiger partial charge in [0.2, 0.25) is 0 Å². The molecule has 0 spiro atoms. The van der Waals surface area contributed by atoms with E-state index in [9.17, 15) is 9.18 Å². The van der Waals surface area contributed by atoms with E-state index in [1.54, 1.807) is 6.08 Å².